The lowest BCUT2D eigenvalue weighted by atomic mass is 10.2. The van der Waals surface area contributed by atoms with Gasteiger partial charge < -0.3 is 20.1 Å². The Morgan fingerprint density at radius 3 is 2.32 bits per heavy atom. The molecule has 12 heteroatoms. The number of hydrogen-bond donors (Lipinski definition) is 3. The Balaban J connectivity index is 0.00000480. The zero-order valence-corrected chi connectivity index (χ0v) is 20.1. The molecule has 2 rings (SSSR count). The van der Waals surface area contributed by atoms with Crippen molar-refractivity contribution < 1.29 is 26.7 Å². The second-order valence-corrected chi connectivity index (χ2v) is 7.59. The maximum atomic E-state index is 12.8. The fourth-order valence-corrected chi connectivity index (χ4v) is 3.09. The van der Waals surface area contributed by atoms with Gasteiger partial charge in [-0.15, -0.1) is 24.0 Å². The fraction of sp³-hybridized carbons (Fsp3) is 0.316. The van der Waals surface area contributed by atoms with Crippen LogP contribution in [0.5, 0.6) is 11.5 Å². The van der Waals surface area contributed by atoms with E-state index in [9.17, 15) is 17.2 Å². The predicted octanol–water partition coefficient (Wildman–Crippen LogP) is 2.82. The molecule has 0 saturated heterocycles. The number of para-hydroxylation sites is 1. The number of nitrogens with one attached hydrogen (secondary N) is 2. The highest BCUT2D eigenvalue weighted by atomic mass is 127. The smallest absolute Gasteiger partial charge is 0.387 e. The van der Waals surface area contributed by atoms with Gasteiger partial charge in [0.2, 0.25) is 10.0 Å². The minimum absolute atomic E-state index is 0. The highest BCUT2D eigenvalue weighted by molar-refractivity contribution is 14.0. The van der Waals surface area contributed by atoms with E-state index in [0.29, 0.717) is 24.7 Å². The third-order valence-electron chi connectivity index (χ3n) is 3.95. The molecule has 8 nitrogen and oxygen atoms in total. The molecular weight excluding hydrogens is 545 g/mol. The summed E-state index contributed by atoms with van der Waals surface area (Å²) in [7, 11) is -2.19. The summed E-state index contributed by atoms with van der Waals surface area (Å²) < 4.78 is 58.3. The van der Waals surface area contributed by atoms with E-state index in [1.54, 1.807) is 44.3 Å². The molecule has 0 radical (unpaired) electrons. The zero-order valence-electron chi connectivity index (χ0n) is 17.0. The van der Waals surface area contributed by atoms with Crippen LogP contribution in [0.2, 0.25) is 0 Å². The molecular formula is C19H25F2IN4O4S. The number of rotatable bonds is 9. The van der Waals surface area contributed by atoms with Gasteiger partial charge in [-0.3, -0.25) is 4.99 Å². The summed E-state index contributed by atoms with van der Waals surface area (Å²) in [6, 6.07) is 11.0. The fourth-order valence-electron chi connectivity index (χ4n) is 2.57. The second-order valence-electron chi connectivity index (χ2n) is 6.02. The first-order valence-electron chi connectivity index (χ1n) is 9.00. The first-order chi connectivity index (χ1) is 14.2. The third-order valence-corrected chi connectivity index (χ3v) is 4.88. The summed E-state index contributed by atoms with van der Waals surface area (Å²) in [5.74, 6) is 0.612. The average Bonchev–Trinajstić information content (AvgIpc) is 2.69. The normalized spacial score (nSPS) is 11.6. The van der Waals surface area contributed by atoms with Gasteiger partial charge in [-0.25, -0.2) is 13.6 Å². The van der Waals surface area contributed by atoms with Gasteiger partial charge in [0.25, 0.3) is 0 Å². The second kappa shape index (κ2) is 12.6. The summed E-state index contributed by atoms with van der Waals surface area (Å²) >= 11 is 0. The van der Waals surface area contributed by atoms with E-state index in [0.717, 1.165) is 5.56 Å². The number of alkyl halides is 2. The number of primary sulfonamides is 1. The number of ether oxygens (including phenoxy) is 2. The van der Waals surface area contributed by atoms with E-state index >= 15 is 0 Å². The zero-order chi connectivity index (χ0) is 22.1. The molecule has 4 N–H and O–H groups in total. The van der Waals surface area contributed by atoms with E-state index in [2.05, 4.69) is 20.4 Å². The largest absolute Gasteiger partial charge is 0.490 e. The van der Waals surface area contributed by atoms with Crippen LogP contribution in [0.3, 0.4) is 0 Å². The van der Waals surface area contributed by atoms with E-state index in [1.165, 1.54) is 12.1 Å². The number of halogens is 3. The van der Waals surface area contributed by atoms with Gasteiger partial charge in [-0.2, -0.15) is 8.78 Å². The van der Waals surface area contributed by atoms with Crippen molar-refractivity contribution in [2.24, 2.45) is 10.1 Å². The quantitative estimate of drug-likeness (QED) is 0.243. The van der Waals surface area contributed by atoms with Crippen LogP contribution in [0.15, 0.2) is 52.4 Å². The van der Waals surface area contributed by atoms with E-state index in [4.69, 9.17) is 9.88 Å². The van der Waals surface area contributed by atoms with E-state index in [1.807, 2.05) is 0 Å². The van der Waals surface area contributed by atoms with Crippen LogP contribution in [-0.4, -0.2) is 34.6 Å². The molecule has 0 heterocycles. The number of sulfonamides is 1. The first kappa shape index (κ1) is 26.8. The average molecular weight is 570 g/mol. The highest BCUT2D eigenvalue weighted by Gasteiger charge is 2.16. The molecule has 0 fully saturated rings. The Bertz CT molecular complexity index is 973. The summed E-state index contributed by atoms with van der Waals surface area (Å²) in [5.41, 5.74) is 1.27. The molecule has 0 aromatic heterocycles. The molecule has 0 spiro atoms. The number of nitrogens with two attached hydrogens (primary N) is 1. The lowest BCUT2D eigenvalue weighted by molar-refractivity contribution is -0.0520. The number of nitrogens with zero attached hydrogens (tertiary/aromatic N) is 1. The standard InChI is InChI=1S/C19H24F2N4O4S.HI/c1-3-28-16-6-4-5-14(17(16)29-18(20)21)12-25-19(23-2)24-11-13-7-9-15(10-8-13)30(22,26)27;/h4-10,18H,3,11-12H2,1-2H3,(H2,22,26,27)(H2,23,24,25);1H. The predicted molar refractivity (Wildman–Crippen MR) is 125 cm³/mol. The first-order valence-corrected chi connectivity index (χ1v) is 10.5. The van der Waals surface area contributed by atoms with E-state index < -0.39 is 16.6 Å². The Kier molecular flexibility index (Phi) is 10.9. The van der Waals surface area contributed by atoms with Crippen LogP contribution in [0, 0.1) is 0 Å². The number of guanidine groups is 1. The van der Waals surface area contributed by atoms with Crippen molar-refractivity contribution >= 4 is 40.0 Å². The Labute approximate surface area is 197 Å². The monoisotopic (exact) mass is 570 g/mol. The van der Waals surface area contributed by atoms with Gasteiger partial charge in [-0.1, -0.05) is 24.3 Å². The molecule has 0 aliphatic carbocycles. The molecule has 2 aromatic rings. The van der Waals surface area contributed by atoms with E-state index in [-0.39, 0.29) is 46.9 Å². The highest BCUT2D eigenvalue weighted by Crippen LogP contribution is 2.32. The van der Waals surface area contributed by atoms with Gasteiger partial charge in [0.1, 0.15) is 0 Å². The van der Waals surface area contributed by atoms with Crippen LogP contribution in [0.25, 0.3) is 0 Å². The third kappa shape index (κ3) is 8.45. The number of benzene rings is 2. The molecule has 31 heavy (non-hydrogen) atoms. The van der Waals surface area contributed by atoms with Gasteiger partial charge in [0.05, 0.1) is 11.5 Å². The lowest BCUT2D eigenvalue weighted by Crippen LogP contribution is -2.36. The number of hydrogen-bond acceptors (Lipinski definition) is 5. The molecule has 172 valence electrons. The minimum Gasteiger partial charge on any atom is -0.490 e. The SMILES string of the molecule is CCOc1cccc(CNC(=NC)NCc2ccc(S(N)(=O)=O)cc2)c1OC(F)F.I. The number of aliphatic imine (C=N–C) groups is 1. The van der Waals surface area contributed by atoms with Crippen LogP contribution >= 0.6 is 24.0 Å². The maximum Gasteiger partial charge on any atom is 0.387 e. The van der Waals surface area contributed by atoms with Crippen molar-refractivity contribution in [3.8, 4) is 11.5 Å². The van der Waals surface area contributed by atoms with Crippen molar-refractivity contribution in [2.75, 3.05) is 13.7 Å². The van der Waals surface area contributed by atoms with Crippen molar-refractivity contribution in [3.05, 3.63) is 53.6 Å². The van der Waals surface area contributed by atoms with Crippen molar-refractivity contribution in [3.63, 3.8) is 0 Å². The Hall–Kier alpha value is -2.19. The summed E-state index contributed by atoms with van der Waals surface area (Å²) in [6.07, 6.45) is 0. The Morgan fingerprint density at radius 2 is 1.77 bits per heavy atom. The molecule has 0 saturated carbocycles. The Morgan fingerprint density at radius 1 is 1.13 bits per heavy atom. The summed E-state index contributed by atoms with van der Waals surface area (Å²) in [5, 5.41) is 11.1. The molecule has 0 amide bonds. The maximum absolute atomic E-state index is 12.8. The van der Waals surface area contributed by atoms with Crippen LogP contribution in [-0.2, 0) is 23.1 Å². The van der Waals surface area contributed by atoms with Gasteiger partial charge in [-0.05, 0) is 30.7 Å². The van der Waals surface area contributed by atoms with Crippen LogP contribution in [0.4, 0.5) is 8.78 Å². The van der Waals surface area contributed by atoms with Crippen LogP contribution in [0.1, 0.15) is 18.1 Å². The van der Waals surface area contributed by atoms with Crippen molar-refractivity contribution in [1.82, 2.24) is 10.6 Å². The molecule has 0 atom stereocenters. The van der Waals surface area contributed by atoms with Crippen molar-refractivity contribution in [2.45, 2.75) is 31.5 Å². The molecule has 0 aliphatic rings. The molecule has 2 aromatic carbocycles. The molecule has 0 unspecified atom stereocenters. The van der Waals surface area contributed by atoms with Crippen molar-refractivity contribution in [1.29, 1.82) is 0 Å². The summed E-state index contributed by atoms with van der Waals surface area (Å²) in [6.45, 7) is -0.415. The molecule has 0 aliphatic heterocycles. The van der Waals surface area contributed by atoms with Gasteiger partial charge in [0, 0.05) is 25.7 Å². The topological polar surface area (TPSA) is 115 Å². The van der Waals surface area contributed by atoms with Gasteiger partial charge in [0.15, 0.2) is 17.5 Å². The summed E-state index contributed by atoms with van der Waals surface area (Å²) in [4.78, 5) is 4.11. The van der Waals surface area contributed by atoms with Crippen LogP contribution < -0.4 is 25.2 Å². The lowest BCUT2D eigenvalue weighted by Gasteiger charge is -2.17. The minimum atomic E-state index is -3.75. The van der Waals surface area contributed by atoms with Gasteiger partial charge >= 0.3 is 6.61 Å². The molecule has 0 bridgehead atoms.